The molecule has 2 heterocycles. The number of rotatable bonds is 8. The molecule has 1 N–H and O–H groups in total. The van der Waals surface area contributed by atoms with Crippen molar-refractivity contribution >= 4 is 53.3 Å². The standard InChI is InChI=1S/C28H25N3O4S2/c1-3-4-15-35-19-11-9-18(10-12-19)25-17-22(21-7-5-6-8-23(21)29-25)27(32)31-28-30-24-14-13-20(37(2,33)34)16-26(24)36-28/h5-14,16-17H,3-4,15H2,1-2H3,(H,30,31,32). The lowest BCUT2D eigenvalue weighted by atomic mass is 10.0. The Kier molecular flexibility index (Phi) is 6.90. The van der Waals surface area contributed by atoms with Crippen molar-refractivity contribution in [2.75, 3.05) is 18.2 Å². The maximum atomic E-state index is 13.4. The highest BCUT2D eigenvalue weighted by molar-refractivity contribution is 7.90. The van der Waals surface area contributed by atoms with E-state index in [2.05, 4.69) is 17.2 Å². The molecular formula is C28H25N3O4S2. The third-order valence-electron chi connectivity index (χ3n) is 5.89. The number of aromatic nitrogens is 2. The highest BCUT2D eigenvalue weighted by Crippen LogP contribution is 2.30. The zero-order valence-electron chi connectivity index (χ0n) is 20.4. The molecule has 0 saturated heterocycles. The monoisotopic (exact) mass is 531 g/mol. The largest absolute Gasteiger partial charge is 0.494 e. The summed E-state index contributed by atoms with van der Waals surface area (Å²) in [5, 5.41) is 4.00. The van der Waals surface area contributed by atoms with Crippen LogP contribution in [0.3, 0.4) is 0 Å². The van der Waals surface area contributed by atoms with Crippen LogP contribution < -0.4 is 10.1 Å². The van der Waals surface area contributed by atoms with E-state index in [0.717, 1.165) is 35.8 Å². The molecule has 0 fully saturated rings. The molecule has 1 amide bonds. The van der Waals surface area contributed by atoms with Crippen LogP contribution in [0.2, 0.25) is 0 Å². The van der Waals surface area contributed by atoms with Gasteiger partial charge in [-0.1, -0.05) is 42.9 Å². The third-order valence-corrected chi connectivity index (χ3v) is 7.93. The summed E-state index contributed by atoms with van der Waals surface area (Å²) < 4.78 is 30.2. The highest BCUT2D eigenvalue weighted by atomic mass is 32.2. The number of benzene rings is 3. The number of fused-ring (bicyclic) bond motifs is 2. The Bertz CT molecular complexity index is 1710. The maximum Gasteiger partial charge on any atom is 0.258 e. The fourth-order valence-corrected chi connectivity index (χ4v) is 5.54. The number of sulfone groups is 1. The van der Waals surface area contributed by atoms with Crippen LogP contribution in [0.4, 0.5) is 5.13 Å². The summed E-state index contributed by atoms with van der Waals surface area (Å²) in [5.41, 5.74) is 3.34. The molecule has 0 radical (unpaired) electrons. The van der Waals surface area contributed by atoms with E-state index in [9.17, 15) is 13.2 Å². The summed E-state index contributed by atoms with van der Waals surface area (Å²) >= 11 is 1.23. The number of hydrogen-bond donors (Lipinski definition) is 1. The first kappa shape index (κ1) is 24.9. The maximum absolute atomic E-state index is 13.4. The Hall–Kier alpha value is -3.82. The zero-order valence-corrected chi connectivity index (χ0v) is 22.0. The lowest BCUT2D eigenvalue weighted by Gasteiger charge is -2.10. The summed E-state index contributed by atoms with van der Waals surface area (Å²) in [5.74, 6) is 0.479. The van der Waals surface area contributed by atoms with Gasteiger partial charge < -0.3 is 4.74 Å². The van der Waals surface area contributed by atoms with Crippen LogP contribution >= 0.6 is 11.3 Å². The van der Waals surface area contributed by atoms with Crippen molar-refractivity contribution in [3.63, 3.8) is 0 Å². The van der Waals surface area contributed by atoms with Crippen LogP contribution in [-0.4, -0.2) is 37.2 Å². The van der Waals surface area contributed by atoms with E-state index in [4.69, 9.17) is 9.72 Å². The summed E-state index contributed by atoms with van der Waals surface area (Å²) in [6.07, 6.45) is 3.24. The van der Waals surface area contributed by atoms with Crippen molar-refractivity contribution in [2.24, 2.45) is 0 Å². The molecule has 0 aliphatic rings. The number of carbonyl (C=O) groups is 1. The molecule has 0 spiro atoms. The number of carbonyl (C=O) groups excluding carboxylic acids is 1. The van der Waals surface area contributed by atoms with Gasteiger partial charge in [-0.15, -0.1) is 0 Å². The molecule has 0 aliphatic carbocycles. The van der Waals surface area contributed by atoms with Crippen LogP contribution in [0.15, 0.2) is 77.7 Å². The van der Waals surface area contributed by atoms with Crippen molar-refractivity contribution in [3.05, 3.63) is 78.4 Å². The SMILES string of the molecule is CCCCOc1ccc(-c2cc(C(=O)Nc3nc4ccc(S(C)(=O)=O)cc4s3)c3ccccc3n2)cc1. The van der Waals surface area contributed by atoms with Crippen LogP contribution in [-0.2, 0) is 9.84 Å². The summed E-state index contributed by atoms with van der Waals surface area (Å²) in [6, 6.07) is 21.7. The van der Waals surface area contributed by atoms with Crippen LogP contribution in [0, 0.1) is 0 Å². The van der Waals surface area contributed by atoms with E-state index >= 15 is 0 Å². The van der Waals surface area contributed by atoms with Crippen molar-refractivity contribution in [3.8, 4) is 17.0 Å². The van der Waals surface area contributed by atoms with E-state index in [1.54, 1.807) is 18.2 Å². The molecule has 2 aromatic heterocycles. The van der Waals surface area contributed by atoms with Gasteiger partial charge in [0.05, 0.1) is 38.5 Å². The second-order valence-corrected chi connectivity index (χ2v) is 11.7. The minimum absolute atomic E-state index is 0.216. The van der Waals surface area contributed by atoms with Crippen LogP contribution in [0.25, 0.3) is 32.4 Å². The van der Waals surface area contributed by atoms with E-state index in [1.165, 1.54) is 17.4 Å². The van der Waals surface area contributed by atoms with Gasteiger partial charge in [0.2, 0.25) is 0 Å². The number of thiazole rings is 1. The zero-order chi connectivity index (χ0) is 26.0. The molecule has 37 heavy (non-hydrogen) atoms. The van der Waals surface area contributed by atoms with E-state index in [1.807, 2.05) is 48.5 Å². The first-order chi connectivity index (χ1) is 17.8. The number of nitrogens with one attached hydrogen (secondary N) is 1. The van der Waals surface area contributed by atoms with E-state index in [0.29, 0.717) is 38.7 Å². The average molecular weight is 532 g/mol. The Morgan fingerprint density at radius 2 is 1.76 bits per heavy atom. The van der Waals surface area contributed by atoms with Gasteiger partial charge in [-0.3, -0.25) is 10.1 Å². The molecule has 9 heteroatoms. The minimum atomic E-state index is -3.34. The van der Waals surface area contributed by atoms with Crippen molar-refractivity contribution in [2.45, 2.75) is 24.7 Å². The third kappa shape index (κ3) is 5.47. The number of nitrogens with zero attached hydrogens (tertiary/aromatic N) is 2. The first-order valence-electron chi connectivity index (χ1n) is 11.9. The van der Waals surface area contributed by atoms with Crippen molar-refractivity contribution in [1.82, 2.24) is 9.97 Å². The summed E-state index contributed by atoms with van der Waals surface area (Å²) in [4.78, 5) is 22.9. The normalized spacial score (nSPS) is 11.6. The quantitative estimate of drug-likeness (QED) is 0.234. The summed E-state index contributed by atoms with van der Waals surface area (Å²) in [6.45, 7) is 2.80. The number of amides is 1. The van der Waals surface area contributed by atoms with Gasteiger partial charge >= 0.3 is 0 Å². The predicted octanol–water partition coefficient (Wildman–Crippen LogP) is 6.35. The van der Waals surface area contributed by atoms with Crippen LogP contribution in [0.5, 0.6) is 5.75 Å². The molecular weight excluding hydrogens is 506 g/mol. The topological polar surface area (TPSA) is 98.2 Å². The Balaban J connectivity index is 1.46. The van der Waals surface area contributed by atoms with Gasteiger partial charge in [-0.2, -0.15) is 0 Å². The van der Waals surface area contributed by atoms with E-state index in [-0.39, 0.29) is 10.8 Å². The number of pyridine rings is 1. The van der Waals surface area contributed by atoms with Gasteiger partial charge in [-0.25, -0.2) is 18.4 Å². The number of unbranched alkanes of at least 4 members (excludes halogenated alkanes) is 1. The van der Waals surface area contributed by atoms with Gasteiger partial charge in [0.1, 0.15) is 5.75 Å². The van der Waals surface area contributed by atoms with Crippen LogP contribution in [0.1, 0.15) is 30.1 Å². The summed E-state index contributed by atoms with van der Waals surface area (Å²) in [7, 11) is -3.34. The Morgan fingerprint density at radius 3 is 2.51 bits per heavy atom. The molecule has 0 saturated carbocycles. The molecule has 0 atom stereocenters. The second kappa shape index (κ2) is 10.3. The predicted molar refractivity (Wildman–Crippen MR) is 148 cm³/mol. The Morgan fingerprint density at radius 1 is 0.973 bits per heavy atom. The number of anilines is 1. The van der Waals surface area contributed by atoms with Gasteiger partial charge in [0.15, 0.2) is 15.0 Å². The van der Waals surface area contributed by atoms with Crippen molar-refractivity contribution < 1.29 is 17.9 Å². The smallest absolute Gasteiger partial charge is 0.258 e. The molecule has 0 bridgehead atoms. The molecule has 5 rings (SSSR count). The molecule has 7 nitrogen and oxygen atoms in total. The molecule has 5 aromatic rings. The first-order valence-corrected chi connectivity index (χ1v) is 14.6. The molecule has 0 aliphatic heterocycles. The van der Waals surface area contributed by atoms with Gasteiger partial charge in [0.25, 0.3) is 5.91 Å². The molecule has 188 valence electrons. The van der Waals surface area contributed by atoms with Crippen molar-refractivity contribution in [1.29, 1.82) is 0 Å². The van der Waals surface area contributed by atoms with Gasteiger partial charge in [-0.05, 0) is 61.0 Å². The number of para-hydroxylation sites is 1. The number of hydrogen-bond acceptors (Lipinski definition) is 7. The number of ether oxygens (including phenoxy) is 1. The lowest BCUT2D eigenvalue weighted by Crippen LogP contribution is -2.13. The van der Waals surface area contributed by atoms with Gasteiger partial charge in [0, 0.05) is 17.2 Å². The average Bonchev–Trinajstić information content (AvgIpc) is 3.29. The molecule has 3 aromatic carbocycles. The van der Waals surface area contributed by atoms with E-state index < -0.39 is 9.84 Å². The Labute approximate surface area is 219 Å². The minimum Gasteiger partial charge on any atom is -0.494 e. The molecule has 0 unspecified atom stereocenters. The fourth-order valence-electron chi connectivity index (χ4n) is 3.92. The second-order valence-electron chi connectivity index (χ2n) is 8.67. The highest BCUT2D eigenvalue weighted by Gasteiger charge is 2.17. The fraction of sp³-hybridized carbons (Fsp3) is 0.179. The lowest BCUT2D eigenvalue weighted by molar-refractivity contribution is 0.102.